The van der Waals surface area contributed by atoms with Gasteiger partial charge < -0.3 is 0 Å². The average molecular weight is 236 g/mol. The van der Waals surface area contributed by atoms with Crippen LogP contribution >= 0.6 is 11.6 Å². The lowest BCUT2D eigenvalue weighted by molar-refractivity contribution is 0.767. The van der Waals surface area contributed by atoms with Gasteiger partial charge in [0.25, 0.3) is 0 Å². The second kappa shape index (κ2) is 4.66. The van der Waals surface area contributed by atoms with Crippen LogP contribution in [-0.2, 0) is 12.3 Å². The molecule has 0 fully saturated rings. The van der Waals surface area contributed by atoms with Gasteiger partial charge in [-0.05, 0) is 25.5 Å². The van der Waals surface area contributed by atoms with Gasteiger partial charge in [-0.15, -0.1) is 16.7 Å². The summed E-state index contributed by atoms with van der Waals surface area (Å²) in [7, 11) is 0. The Hall–Kier alpha value is -1.35. The quantitative estimate of drug-likeness (QED) is 0.766. The Kier molecular flexibility index (Phi) is 3.25. The molecule has 0 aliphatic heterocycles. The highest BCUT2D eigenvalue weighted by Crippen LogP contribution is 2.15. The lowest BCUT2D eigenvalue weighted by atomic mass is 10.2. The predicted molar refractivity (Wildman–Crippen MR) is 65.0 cm³/mol. The van der Waals surface area contributed by atoms with Gasteiger partial charge in [-0.1, -0.05) is 29.8 Å². The maximum Gasteiger partial charge on any atom is 0.101 e. The summed E-state index contributed by atoms with van der Waals surface area (Å²) in [6.45, 7) is 4.15. The third kappa shape index (κ3) is 1.95. The van der Waals surface area contributed by atoms with Gasteiger partial charge in [0.15, 0.2) is 0 Å². The van der Waals surface area contributed by atoms with E-state index < -0.39 is 0 Å². The minimum absolute atomic E-state index is 0.412. The number of aryl methyl sites for hydroxylation is 1. The second-order valence-corrected chi connectivity index (χ2v) is 3.98. The van der Waals surface area contributed by atoms with Crippen molar-refractivity contribution < 1.29 is 0 Å². The third-order valence-corrected chi connectivity index (χ3v) is 2.84. The highest BCUT2D eigenvalue weighted by molar-refractivity contribution is 6.16. The summed E-state index contributed by atoms with van der Waals surface area (Å²) in [6.07, 6.45) is 0.878. The number of nitrogens with zero attached hydrogens (tertiary/aromatic N) is 3. The van der Waals surface area contributed by atoms with Gasteiger partial charge in [0.2, 0.25) is 0 Å². The molecule has 0 N–H and O–H groups in total. The summed E-state index contributed by atoms with van der Waals surface area (Å²) in [5.41, 5.74) is 4.22. The Morgan fingerprint density at radius 3 is 2.50 bits per heavy atom. The van der Waals surface area contributed by atoms with Crippen molar-refractivity contribution in [1.29, 1.82) is 0 Å². The fraction of sp³-hybridized carbons (Fsp3) is 0.333. The van der Waals surface area contributed by atoms with E-state index in [1.54, 1.807) is 0 Å². The van der Waals surface area contributed by atoms with Crippen molar-refractivity contribution in [1.82, 2.24) is 15.0 Å². The summed E-state index contributed by atoms with van der Waals surface area (Å²) in [5, 5.41) is 8.23. The monoisotopic (exact) mass is 235 g/mol. The molecule has 1 aromatic carbocycles. The molecule has 0 saturated heterocycles. The molecule has 0 atom stereocenters. The predicted octanol–water partition coefficient (Wildman–Crippen LogP) is 2.88. The maximum atomic E-state index is 5.82. The number of alkyl halides is 1. The van der Waals surface area contributed by atoms with Gasteiger partial charge in [0, 0.05) is 0 Å². The Morgan fingerprint density at radius 2 is 1.94 bits per heavy atom. The van der Waals surface area contributed by atoms with Gasteiger partial charge in [-0.25, -0.2) is 4.68 Å². The summed E-state index contributed by atoms with van der Waals surface area (Å²) in [6, 6.07) is 8.22. The average Bonchev–Trinajstić information content (AvgIpc) is 2.72. The number of aromatic nitrogens is 3. The van der Waals surface area contributed by atoms with Gasteiger partial charge in [-0.2, -0.15) is 0 Å². The minimum atomic E-state index is 0.412. The zero-order valence-corrected chi connectivity index (χ0v) is 10.2. The minimum Gasteiger partial charge on any atom is -0.217 e. The van der Waals surface area contributed by atoms with Crippen molar-refractivity contribution in [2.24, 2.45) is 0 Å². The SMILES string of the molecule is CCc1c(CCl)nnn1-c1ccc(C)cc1. The normalized spacial score (nSPS) is 10.7. The molecule has 0 radical (unpaired) electrons. The molecule has 2 aromatic rings. The van der Waals surface area contributed by atoms with Crippen LogP contribution in [0.1, 0.15) is 23.9 Å². The standard InChI is InChI=1S/C12H14ClN3/c1-3-12-11(8-13)14-15-16(12)10-6-4-9(2)5-7-10/h4-7H,3,8H2,1-2H3. The summed E-state index contributed by atoms with van der Waals surface area (Å²) in [5.74, 6) is 0.412. The van der Waals surface area contributed by atoms with Crippen molar-refractivity contribution >= 4 is 11.6 Å². The van der Waals surface area contributed by atoms with Gasteiger partial charge in [0.1, 0.15) is 5.69 Å². The fourth-order valence-electron chi connectivity index (χ4n) is 1.68. The van der Waals surface area contributed by atoms with Crippen LogP contribution in [0.25, 0.3) is 5.69 Å². The molecule has 84 valence electrons. The van der Waals surface area contributed by atoms with Crippen molar-refractivity contribution in [3.63, 3.8) is 0 Å². The Morgan fingerprint density at radius 1 is 1.25 bits per heavy atom. The topological polar surface area (TPSA) is 30.7 Å². The molecule has 4 heteroatoms. The molecule has 0 saturated carbocycles. The smallest absolute Gasteiger partial charge is 0.101 e. The van der Waals surface area contributed by atoms with E-state index >= 15 is 0 Å². The molecule has 3 nitrogen and oxygen atoms in total. The first-order chi connectivity index (χ1) is 7.76. The largest absolute Gasteiger partial charge is 0.217 e. The molecule has 0 unspecified atom stereocenters. The lowest BCUT2D eigenvalue weighted by Gasteiger charge is -2.05. The maximum absolute atomic E-state index is 5.82. The molecule has 2 rings (SSSR count). The fourth-order valence-corrected chi connectivity index (χ4v) is 1.89. The van der Waals surface area contributed by atoms with E-state index in [-0.39, 0.29) is 0 Å². The molecular formula is C12H14ClN3. The van der Waals surface area contributed by atoms with E-state index in [2.05, 4.69) is 36.3 Å². The first-order valence-corrected chi connectivity index (χ1v) is 5.86. The van der Waals surface area contributed by atoms with E-state index in [1.807, 2.05) is 16.8 Å². The van der Waals surface area contributed by atoms with E-state index in [0.717, 1.165) is 23.5 Å². The summed E-state index contributed by atoms with van der Waals surface area (Å²) in [4.78, 5) is 0. The highest BCUT2D eigenvalue weighted by atomic mass is 35.5. The van der Waals surface area contributed by atoms with Gasteiger partial charge in [-0.3, -0.25) is 0 Å². The lowest BCUT2D eigenvalue weighted by Crippen LogP contribution is -2.02. The van der Waals surface area contributed by atoms with Gasteiger partial charge in [0.05, 0.1) is 17.3 Å². The van der Waals surface area contributed by atoms with Crippen LogP contribution in [0.5, 0.6) is 0 Å². The van der Waals surface area contributed by atoms with Crippen LogP contribution in [0.15, 0.2) is 24.3 Å². The molecule has 0 bridgehead atoms. The first kappa shape index (κ1) is 11.1. The van der Waals surface area contributed by atoms with Crippen LogP contribution in [0.4, 0.5) is 0 Å². The highest BCUT2D eigenvalue weighted by Gasteiger charge is 2.11. The van der Waals surface area contributed by atoms with Crippen molar-refractivity contribution in [2.75, 3.05) is 0 Å². The third-order valence-electron chi connectivity index (χ3n) is 2.58. The molecule has 0 aliphatic carbocycles. The molecule has 0 spiro atoms. The van der Waals surface area contributed by atoms with Crippen LogP contribution in [0.3, 0.4) is 0 Å². The van der Waals surface area contributed by atoms with Crippen molar-refractivity contribution in [3.8, 4) is 5.69 Å². The second-order valence-electron chi connectivity index (χ2n) is 3.72. The molecule has 0 aliphatic rings. The van der Waals surface area contributed by atoms with E-state index in [4.69, 9.17) is 11.6 Å². The molecule has 1 heterocycles. The summed E-state index contributed by atoms with van der Waals surface area (Å²) >= 11 is 5.82. The van der Waals surface area contributed by atoms with Gasteiger partial charge >= 0.3 is 0 Å². The molecule has 0 amide bonds. The van der Waals surface area contributed by atoms with Crippen molar-refractivity contribution in [3.05, 3.63) is 41.2 Å². The van der Waals surface area contributed by atoms with Crippen molar-refractivity contribution in [2.45, 2.75) is 26.1 Å². The van der Waals surface area contributed by atoms with Crippen LogP contribution in [0.2, 0.25) is 0 Å². The molecule has 1 aromatic heterocycles. The molecular weight excluding hydrogens is 222 g/mol. The van der Waals surface area contributed by atoms with E-state index in [9.17, 15) is 0 Å². The number of halogens is 1. The van der Waals surface area contributed by atoms with E-state index in [1.165, 1.54) is 5.56 Å². The Bertz CT molecular complexity index is 474. The van der Waals surface area contributed by atoms with E-state index in [0.29, 0.717) is 5.88 Å². The first-order valence-electron chi connectivity index (χ1n) is 5.32. The zero-order chi connectivity index (χ0) is 11.5. The summed E-state index contributed by atoms with van der Waals surface area (Å²) < 4.78 is 1.86. The Balaban J connectivity index is 2.47. The van der Waals surface area contributed by atoms with Crippen LogP contribution in [-0.4, -0.2) is 15.0 Å². The number of benzene rings is 1. The number of rotatable bonds is 3. The zero-order valence-electron chi connectivity index (χ0n) is 9.44. The Labute approximate surface area is 100 Å². The van der Waals surface area contributed by atoms with Crippen LogP contribution in [0, 0.1) is 6.92 Å². The molecule has 16 heavy (non-hydrogen) atoms. The number of hydrogen-bond donors (Lipinski definition) is 0. The number of hydrogen-bond acceptors (Lipinski definition) is 2. The van der Waals surface area contributed by atoms with Crippen LogP contribution < -0.4 is 0 Å².